The second kappa shape index (κ2) is 2.86. The van der Waals surface area contributed by atoms with Gasteiger partial charge in [-0.3, -0.25) is 0 Å². The number of allylic oxidation sites excluding steroid dienone is 1. The number of fused-ring (bicyclic) bond motifs is 5. The number of benzene rings is 2. The Balaban J connectivity index is 2.03. The first kappa shape index (κ1) is 8.76. The van der Waals surface area contributed by atoms with E-state index in [0.29, 0.717) is 5.75 Å². The molecule has 1 aliphatic heterocycles. The number of aromatic hydroxyl groups is 1. The molecule has 0 radical (unpaired) electrons. The molecule has 2 aromatic carbocycles. The van der Waals surface area contributed by atoms with E-state index in [-0.39, 0.29) is 0 Å². The van der Waals surface area contributed by atoms with Crippen LogP contribution in [0.25, 0.3) is 11.6 Å². The second-order valence-electron chi connectivity index (χ2n) is 4.27. The maximum atomic E-state index is 9.83. The molecule has 80 valence electrons. The van der Waals surface area contributed by atoms with Gasteiger partial charge in [0, 0.05) is 22.3 Å². The van der Waals surface area contributed by atoms with Crippen LogP contribution in [0, 0.1) is 0 Å². The summed E-state index contributed by atoms with van der Waals surface area (Å²) >= 11 is 0. The summed E-state index contributed by atoms with van der Waals surface area (Å²) in [6, 6.07) is 13.7. The van der Waals surface area contributed by atoms with Crippen LogP contribution < -0.4 is 0 Å². The van der Waals surface area contributed by atoms with Gasteiger partial charge < -0.3 is 5.11 Å². The van der Waals surface area contributed by atoms with E-state index in [9.17, 15) is 5.11 Å². The Morgan fingerprint density at radius 2 is 1.71 bits per heavy atom. The summed E-state index contributed by atoms with van der Waals surface area (Å²) in [4.78, 5) is 4.63. The number of para-hydroxylation sites is 1. The van der Waals surface area contributed by atoms with Gasteiger partial charge in [0.05, 0.1) is 11.4 Å². The fraction of sp³-hybridized carbons (Fsp3) is 0. The second-order valence-corrected chi connectivity index (χ2v) is 4.27. The van der Waals surface area contributed by atoms with E-state index in [1.165, 1.54) is 0 Å². The van der Waals surface area contributed by atoms with E-state index in [1.807, 2.05) is 36.4 Å². The van der Waals surface area contributed by atoms with Crippen LogP contribution in [0.4, 0.5) is 5.69 Å². The number of phenols is 1. The molecule has 1 heterocycles. The summed E-state index contributed by atoms with van der Waals surface area (Å²) in [6.45, 7) is 0. The van der Waals surface area contributed by atoms with Gasteiger partial charge in [-0.2, -0.15) is 0 Å². The van der Waals surface area contributed by atoms with Crippen LogP contribution in [0.1, 0.15) is 16.7 Å². The van der Waals surface area contributed by atoms with Gasteiger partial charge in [-0.05, 0) is 18.2 Å². The van der Waals surface area contributed by atoms with Crippen molar-refractivity contribution in [2.24, 2.45) is 4.99 Å². The van der Waals surface area contributed by atoms with Crippen molar-refractivity contribution in [3.8, 4) is 5.75 Å². The van der Waals surface area contributed by atoms with Crippen LogP contribution in [0.5, 0.6) is 5.75 Å². The molecular weight excluding hydrogens is 210 g/mol. The van der Waals surface area contributed by atoms with E-state index in [2.05, 4.69) is 11.1 Å². The maximum absolute atomic E-state index is 9.83. The van der Waals surface area contributed by atoms with Crippen molar-refractivity contribution in [3.05, 3.63) is 59.2 Å². The highest BCUT2D eigenvalue weighted by Gasteiger charge is 2.29. The molecule has 0 unspecified atom stereocenters. The third-order valence-electron chi connectivity index (χ3n) is 3.31. The molecule has 0 fully saturated rings. The van der Waals surface area contributed by atoms with Crippen LogP contribution in [-0.4, -0.2) is 10.8 Å². The van der Waals surface area contributed by atoms with Gasteiger partial charge in [-0.25, -0.2) is 4.99 Å². The van der Waals surface area contributed by atoms with E-state index in [0.717, 1.165) is 33.7 Å². The van der Waals surface area contributed by atoms with Crippen LogP contribution in [0.3, 0.4) is 0 Å². The predicted molar refractivity (Wildman–Crippen MR) is 68.6 cm³/mol. The summed E-state index contributed by atoms with van der Waals surface area (Å²) in [7, 11) is 0. The van der Waals surface area contributed by atoms with Crippen molar-refractivity contribution in [3.63, 3.8) is 0 Å². The average Bonchev–Trinajstić information content (AvgIpc) is 2.87. The molecule has 4 rings (SSSR count). The lowest BCUT2D eigenvalue weighted by molar-refractivity contribution is 0.474. The minimum absolute atomic E-state index is 0.324. The Kier molecular flexibility index (Phi) is 1.47. The van der Waals surface area contributed by atoms with Gasteiger partial charge in [0.1, 0.15) is 5.75 Å². The van der Waals surface area contributed by atoms with Crippen molar-refractivity contribution < 1.29 is 5.11 Å². The molecule has 2 heteroatoms. The van der Waals surface area contributed by atoms with Gasteiger partial charge in [-0.1, -0.05) is 30.3 Å². The van der Waals surface area contributed by atoms with Gasteiger partial charge in [0.25, 0.3) is 0 Å². The van der Waals surface area contributed by atoms with E-state index >= 15 is 0 Å². The van der Waals surface area contributed by atoms with E-state index in [4.69, 9.17) is 0 Å². The van der Waals surface area contributed by atoms with Crippen LogP contribution >= 0.6 is 0 Å². The smallest absolute Gasteiger partial charge is 0.123 e. The molecule has 2 aromatic rings. The molecule has 2 aliphatic rings. The number of aliphatic imine (C=N–C) groups is 1. The topological polar surface area (TPSA) is 32.6 Å². The van der Waals surface area contributed by atoms with Gasteiger partial charge in [0.15, 0.2) is 0 Å². The molecule has 1 aliphatic carbocycles. The number of phenolic OH excluding ortho intramolecular Hbond substituents is 1. The molecule has 0 bridgehead atoms. The van der Waals surface area contributed by atoms with Gasteiger partial charge >= 0.3 is 0 Å². The molecular formula is C15H9NO. The van der Waals surface area contributed by atoms with E-state index < -0.39 is 0 Å². The quantitative estimate of drug-likeness (QED) is 0.723. The zero-order valence-electron chi connectivity index (χ0n) is 9.01. The first-order valence-corrected chi connectivity index (χ1v) is 5.57. The first-order valence-electron chi connectivity index (χ1n) is 5.57. The maximum Gasteiger partial charge on any atom is 0.123 e. The monoisotopic (exact) mass is 219 g/mol. The SMILES string of the molecule is Oc1cccc2c1C=C1C2=Nc2ccccc21. The Bertz CT molecular complexity index is 711. The zero-order valence-corrected chi connectivity index (χ0v) is 9.01. The minimum atomic E-state index is 0.324. The molecule has 17 heavy (non-hydrogen) atoms. The standard InChI is InChI=1S/C15H9NO/c17-14-7-3-5-10-11(14)8-12-9-4-1-2-6-13(9)16-15(10)12/h1-8,17H. The number of hydrogen-bond donors (Lipinski definition) is 1. The number of nitrogens with zero attached hydrogens (tertiary/aromatic N) is 1. The molecule has 2 nitrogen and oxygen atoms in total. The lowest BCUT2D eigenvalue weighted by atomic mass is 10.0. The Hall–Kier alpha value is -2.35. The van der Waals surface area contributed by atoms with Crippen molar-refractivity contribution in [2.45, 2.75) is 0 Å². The highest BCUT2D eigenvalue weighted by Crippen LogP contribution is 2.44. The first-order chi connectivity index (χ1) is 8.34. The third kappa shape index (κ3) is 1.02. The summed E-state index contributed by atoms with van der Waals surface area (Å²) in [5.41, 5.74) is 6.18. The normalized spacial score (nSPS) is 14.8. The van der Waals surface area contributed by atoms with Crippen molar-refractivity contribution in [2.75, 3.05) is 0 Å². The lowest BCUT2D eigenvalue weighted by Gasteiger charge is -2.00. The zero-order chi connectivity index (χ0) is 11.4. The van der Waals surface area contributed by atoms with Crippen LogP contribution in [-0.2, 0) is 0 Å². The predicted octanol–water partition coefficient (Wildman–Crippen LogP) is 3.38. The molecule has 0 spiro atoms. The largest absolute Gasteiger partial charge is 0.507 e. The molecule has 1 N–H and O–H groups in total. The van der Waals surface area contributed by atoms with Crippen molar-refractivity contribution in [1.29, 1.82) is 0 Å². The molecule has 0 atom stereocenters. The summed E-state index contributed by atoms with van der Waals surface area (Å²) in [6.07, 6.45) is 2.02. The average molecular weight is 219 g/mol. The lowest BCUT2D eigenvalue weighted by Crippen LogP contribution is -1.94. The van der Waals surface area contributed by atoms with Crippen LogP contribution in [0.2, 0.25) is 0 Å². The molecule has 0 aromatic heterocycles. The highest BCUT2D eigenvalue weighted by atomic mass is 16.3. The molecule has 0 amide bonds. The van der Waals surface area contributed by atoms with E-state index in [1.54, 1.807) is 6.07 Å². The Labute approximate surface area is 98.6 Å². The van der Waals surface area contributed by atoms with Gasteiger partial charge in [0.2, 0.25) is 0 Å². The van der Waals surface area contributed by atoms with Crippen LogP contribution in [0.15, 0.2) is 47.5 Å². The minimum Gasteiger partial charge on any atom is -0.507 e. The number of hydrogen-bond acceptors (Lipinski definition) is 2. The highest BCUT2D eigenvalue weighted by molar-refractivity contribution is 6.43. The Morgan fingerprint density at radius 1 is 0.882 bits per heavy atom. The summed E-state index contributed by atoms with van der Waals surface area (Å²) in [5, 5.41) is 9.83. The third-order valence-corrected chi connectivity index (χ3v) is 3.31. The summed E-state index contributed by atoms with van der Waals surface area (Å²) < 4.78 is 0. The number of rotatable bonds is 0. The summed E-state index contributed by atoms with van der Waals surface area (Å²) in [5.74, 6) is 0.324. The van der Waals surface area contributed by atoms with Crippen molar-refractivity contribution >= 4 is 23.0 Å². The van der Waals surface area contributed by atoms with Crippen molar-refractivity contribution in [1.82, 2.24) is 0 Å². The van der Waals surface area contributed by atoms with Gasteiger partial charge in [-0.15, -0.1) is 0 Å². The Morgan fingerprint density at radius 3 is 2.65 bits per heavy atom. The fourth-order valence-corrected chi connectivity index (χ4v) is 2.51. The molecule has 0 saturated heterocycles. The molecule has 0 saturated carbocycles. The fourth-order valence-electron chi connectivity index (χ4n) is 2.51.